The van der Waals surface area contributed by atoms with Gasteiger partial charge in [-0.15, -0.1) is 0 Å². The van der Waals surface area contributed by atoms with E-state index >= 15 is 0 Å². The summed E-state index contributed by atoms with van der Waals surface area (Å²) < 4.78 is 0. The third-order valence-corrected chi connectivity index (χ3v) is 2.77. The predicted octanol–water partition coefficient (Wildman–Crippen LogP) is -0.526. The Kier molecular flexibility index (Phi) is 5.60. The molecule has 0 bridgehead atoms. The maximum Gasteiger partial charge on any atom is 0.320 e. The van der Waals surface area contributed by atoms with Crippen LogP contribution in [0.25, 0.3) is 0 Å². The topological polar surface area (TPSA) is 78.6 Å². The fourth-order valence-corrected chi connectivity index (χ4v) is 1.76. The number of carbonyl (C=O) groups is 1. The normalized spacial score (nSPS) is 20.1. The Morgan fingerprint density at radius 3 is 2.67 bits per heavy atom. The monoisotopic (exact) mass is 215 g/mol. The van der Waals surface area contributed by atoms with Gasteiger partial charge in [0.25, 0.3) is 0 Å². The van der Waals surface area contributed by atoms with E-state index in [-0.39, 0.29) is 0 Å². The minimum absolute atomic E-state index is 0.585. The molecule has 0 saturated carbocycles. The molecule has 0 aliphatic carbocycles. The number of hydrogen-bond donors (Lipinski definition) is 3. The van der Waals surface area contributed by atoms with Gasteiger partial charge in [0.15, 0.2) is 0 Å². The lowest BCUT2D eigenvalue weighted by atomic mass is 10.1. The summed E-state index contributed by atoms with van der Waals surface area (Å²) in [5.41, 5.74) is 5.41. The summed E-state index contributed by atoms with van der Waals surface area (Å²) in [5, 5.41) is 11.9. The molecule has 4 N–H and O–H groups in total. The first-order chi connectivity index (χ1) is 7.20. The number of nitrogens with zero attached hydrogens (tertiary/aromatic N) is 1. The summed E-state index contributed by atoms with van der Waals surface area (Å²) >= 11 is 0. The molecule has 15 heavy (non-hydrogen) atoms. The van der Waals surface area contributed by atoms with E-state index in [1.807, 2.05) is 0 Å². The van der Waals surface area contributed by atoms with E-state index in [0.29, 0.717) is 6.42 Å². The van der Waals surface area contributed by atoms with Gasteiger partial charge in [-0.25, -0.2) is 0 Å². The summed E-state index contributed by atoms with van der Waals surface area (Å²) in [6.45, 7) is 5.40. The van der Waals surface area contributed by atoms with E-state index in [1.165, 1.54) is 0 Å². The van der Waals surface area contributed by atoms with Crippen molar-refractivity contribution in [2.75, 3.05) is 32.7 Å². The number of piperazine rings is 1. The van der Waals surface area contributed by atoms with Crippen molar-refractivity contribution in [1.29, 1.82) is 0 Å². The number of aliphatic carboxylic acids is 1. The van der Waals surface area contributed by atoms with Gasteiger partial charge in [0.2, 0.25) is 0 Å². The van der Waals surface area contributed by atoms with E-state index in [0.717, 1.165) is 45.6 Å². The highest BCUT2D eigenvalue weighted by atomic mass is 16.4. The van der Waals surface area contributed by atoms with Crippen molar-refractivity contribution in [3.8, 4) is 0 Å². The van der Waals surface area contributed by atoms with Gasteiger partial charge in [-0.1, -0.05) is 6.42 Å². The summed E-state index contributed by atoms with van der Waals surface area (Å²) in [5.74, 6) is -0.892. The number of hydrogen-bond acceptors (Lipinski definition) is 4. The van der Waals surface area contributed by atoms with Gasteiger partial charge in [0.1, 0.15) is 6.04 Å². The molecule has 1 aliphatic rings. The molecule has 1 fully saturated rings. The molecular weight excluding hydrogens is 194 g/mol. The van der Waals surface area contributed by atoms with Crippen LogP contribution in [-0.4, -0.2) is 54.7 Å². The second kappa shape index (κ2) is 6.76. The molecule has 0 aromatic carbocycles. The van der Waals surface area contributed by atoms with Crippen LogP contribution in [0.15, 0.2) is 0 Å². The Morgan fingerprint density at radius 2 is 2.07 bits per heavy atom. The first-order valence-electron chi connectivity index (χ1n) is 5.61. The molecule has 0 amide bonds. The molecule has 1 heterocycles. The van der Waals surface area contributed by atoms with E-state index in [4.69, 9.17) is 10.8 Å². The molecular formula is C10H21N3O2. The molecule has 1 aliphatic heterocycles. The van der Waals surface area contributed by atoms with Crippen LogP contribution in [0, 0.1) is 0 Å². The van der Waals surface area contributed by atoms with Crippen molar-refractivity contribution in [2.24, 2.45) is 5.73 Å². The lowest BCUT2D eigenvalue weighted by molar-refractivity contribution is -0.138. The SMILES string of the molecule is N[C@@H](CCCCN1CCNCC1)C(=O)O. The number of nitrogens with one attached hydrogen (secondary N) is 1. The van der Waals surface area contributed by atoms with Crippen LogP contribution in [0.5, 0.6) is 0 Å². The van der Waals surface area contributed by atoms with Crippen LogP contribution in [0.3, 0.4) is 0 Å². The van der Waals surface area contributed by atoms with Crippen LogP contribution < -0.4 is 11.1 Å². The van der Waals surface area contributed by atoms with Crippen LogP contribution in [0.4, 0.5) is 0 Å². The molecule has 0 unspecified atom stereocenters. The van der Waals surface area contributed by atoms with Crippen LogP contribution in [0.1, 0.15) is 19.3 Å². The van der Waals surface area contributed by atoms with Gasteiger partial charge in [-0.2, -0.15) is 0 Å². The molecule has 88 valence electrons. The summed E-state index contributed by atoms with van der Waals surface area (Å²) in [7, 11) is 0. The third kappa shape index (κ3) is 5.11. The van der Waals surface area contributed by atoms with Gasteiger partial charge in [-0.3, -0.25) is 4.79 Å². The van der Waals surface area contributed by atoms with Gasteiger partial charge < -0.3 is 21.1 Å². The van der Waals surface area contributed by atoms with E-state index in [2.05, 4.69) is 10.2 Å². The minimum atomic E-state index is -0.892. The molecule has 0 radical (unpaired) electrons. The number of carboxylic acids is 1. The lowest BCUT2D eigenvalue weighted by Crippen LogP contribution is -2.43. The van der Waals surface area contributed by atoms with Crippen LogP contribution in [-0.2, 0) is 4.79 Å². The highest BCUT2D eigenvalue weighted by Crippen LogP contribution is 2.02. The molecule has 0 aromatic heterocycles. The highest BCUT2D eigenvalue weighted by Gasteiger charge is 2.12. The number of rotatable bonds is 6. The molecule has 5 heteroatoms. The Hall–Kier alpha value is -0.650. The summed E-state index contributed by atoms with van der Waals surface area (Å²) in [6, 6.07) is -0.687. The second-order valence-electron chi connectivity index (χ2n) is 4.03. The summed E-state index contributed by atoms with van der Waals surface area (Å²) in [6.07, 6.45) is 2.53. The van der Waals surface area contributed by atoms with Crippen molar-refractivity contribution < 1.29 is 9.90 Å². The second-order valence-corrected chi connectivity index (χ2v) is 4.03. The Balaban J connectivity index is 1.98. The van der Waals surface area contributed by atoms with Crippen molar-refractivity contribution in [2.45, 2.75) is 25.3 Å². The highest BCUT2D eigenvalue weighted by molar-refractivity contribution is 5.72. The van der Waals surface area contributed by atoms with Crippen molar-refractivity contribution in [3.63, 3.8) is 0 Å². The van der Waals surface area contributed by atoms with Gasteiger partial charge in [0, 0.05) is 26.2 Å². The minimum Gasteiger partial charge on any atom is -0.480 e. The van der Waals surface area contributed by atoms with Crippen LogP contribution >= 0.6 is 0 Å². The van der Waals surface area contributed by atoms with E-state index in [9.17, 15) is 4.79 Å². The van der Waals surface area contributed by atoms with Crippen LogP contribution in [0.2, 0.25) is 0 Å². The third-order valence-electron chi connectivity index (χ3n) is 2.77. The smallest absolute Gasteiger partial charge is 0.320 e. The van der Waals surface area contributed by atoms with Crippen molar-refractivity contribution in [3.05, 3.63) is 0 Å². The van der Waals surface area contributed by atoms with E-state index in [1.54, 1.807) is 0 Å². The molecule has 1 atom stereocenters. The zero-order valence-electron chi connectivity index (χ0n) is 9.11. The molecule has 5 nitrogen and oxygen atoms in total. The number of unbranched alkanes of at least 4 members (excludes halogenated alkanes) is 1. The summed E-state index contributed by atoms with van der Waals surface area (Å²) in [4.78, 5) is 12.9. The fourth-order valence-electron chi connectivity index (χ4n) is 1.76. The standard InChI is InChI=1S/C10H21N3O2/c11-9(10(14)15)3-1-2-6-13-7-4-12-5-8-13/h9,12H,1-8,11H2,(H,14,15)/t9-/m0/s1. The first-order valence-corrected chi connectivity index (χ1v) is 5.61. The average molecular weight is 215 g/mol. The quantitative estimate of drug-likeness (QED) is 0.519. The van der Waals surface area contributed by atoms with Gasteiger partial charge in [0.05, 0.1) is 0 Å². The fraction of sp³-hybridized carbons (Fsp3) is 0.900. The molecule has 1 saturated heterocycles. The lowest BCUT2D eigenvalue weighted by Gasteiger charge is -2.27. The van der Waals surface area contributed by atoms with Gasteiger partial charge in [-0.05, 0) is 19.4 Å². The maximum absolute atomic E-state index is 10.5. The zero-order valence-corrected chi connectivity index (χ0v) is 9.11. The molecule has 1 rings (SSSR count). The zero-order chi connectivity index (χ0) is 11.1. The van der Waals surface area contributed by atoms with Crippen molar-refractivity contribution >= 4 is 5.97 Å². The Labute approximate surface area is 90.6 Å². The van der Waals surface area contributed by atoms with Gasteiger partial charge >= 0.3 is 5.97 Å². The van der Waals surface area contributed by atoms with Crippen molar-refractivity contribution in [1.82, 2.24) is 10.2 Å². The van der Waals surface area contributed by atoms with E-state index < -0.39 is 12.0 Å². The Bertz CT molecular complexity index is 193. The predicted molar refractivity (Wildman–Crippen MR) is 58.8 cm³/mol. The first kappa shape index (κ1) is 12.4. The molecule has 0 spiro atoms. The largest absolute Gasteiger partial charge is 0.480 e. The average Bonchev–Trinajstić information content (AvgIpc) is 2.25. The Morgan fingerprint density at radius 1 is 1.40 bits per heavy atom. The number of nitrogens with two attached hydrogens (primary N) is 1. The maximum atomic E-state index is 10.5. The molecule has 0 aromatic rings. The number of carboxylic acid groups (broad SMARTS) is 1.